The zero-order valence-corrected chi connectivity index (χ0v) is 12.3. The van der Waals surface area contributed by atoms with Crippen molar-refractivity contribution in [1.29, 1.82) is 0 Å². The van der Waals surface area contributed by atoms with Crippen LogP contribution in [0.5, 0.6) is 0 Å². The van der Waals surface area contributed by atoms with Crippen LogP contribution in [0.15, 0.2) is 59.5 Å². The molecular formula is C17H18O2S. The van der Waals surface area contributed by atoms with Crippen LogP contribution < -0.4 is 0 Å². The number of aliphatic carboxylic acids is 1. The van der Waals surface area contributed by atoms with E-state index in [4.69, 9.17) is 0 Å². The third-order valence-electron chi connectivity index (χ3n) is 3.20. The van der Waals surface area contributed by atoms with Gasteiger partial charge in [0.1, 0.15) is 0 Å². The third-order valence-corrected chi connectivity index (χ3v) is 4.24. The molecule has 1 atom stereocenters. The minimum Gasteiger partial charge on any atom is -0.481 e. The summed E-state index contributed by atoms with van der Waals surface area (Å²) in [4.78, 5) is 12.6. The van der Waals surface area contributed by atoms with Gasteiger partial charge < -0.3 is 5.11 Å². The number of hydrogen-bond acceptors (Lipinski definition) is 2. The first-order valence-electron chi connectivity index (χ1n) is 6.64. The summed E-state index contributed by atoms with van der Waals surface area (Å²) >= 11 is 1.70. The zero-order valence-electron chi connectivity index (χ0n) is 11.5. The summed E-state index contributed by atoms with van der Waals surface area (Å²) in [5, 5.41) is 9.38. The summed E-state index contributed by atoms with van der Waals surface area (Å²) in [5.41, 5.74) is 2.04. The van der Waals surface area contributed by atoms with E-state index in [1.54, 1.807) is 11.8 Å². The Labute approximate surface area is 123 Å². The lowest BCUT2D eigenvalue weighted by molar-refractivity contribution is -0.138. The van der Waals surface area contributed by atoms with Gasteiger partial charge in [-0.2, -0.15) is 0 Å². The van der Waals surface area contributed by atoms with Gasteiger partial charge in [0.15, 0.2) is 0 Å². The van der Waals surface area contributed by atoms with E-state index >= 15 is 0 Å². The molecule has 0 saturated carbocycles. The number of benzene rings is 2. The van der Waals surface area contributed by atoms with Crippen molar-refractivity contribution < 1.29 is 9.90 Å². The molecule has 0 fully saturated rings. The first-order valence-corrected chi connectivity index (χ1v) is 7.62. The number of rotatable bonds is 6. The van der Waals surface area contributed by atoms with Crippen LogP contribution in [0, 0.1) is 6.92 Å². The summed E-state index contributed by atoms with van der Waals surface area (Å²) in [5.74, 6) is -0.371. The van der Waals surface area contributed by atoms with Gasteiger partial charge in [0.05, 0.1) is 5.92 Å². The van der Waals surface area contributed by atoms with E-state index in [1.165, 1.54) is 4.90 Å². The van der Waals surface area contributed by atoms with Crippen LogP contribution in [0.2, 0.25) is 0 Å². The van der Waals surface area contributed by atoms with Gasteiger partial charge in [0.25, 0.3) is 0 Å². The smallest absolute Gasteiger partial charge is 0.311 e. The van der Waals surface area contributed by atoms with E-state index in [0.29, 0.717) is 6.42 Å². The zero-order chi connectivity index (χ0) is 14.4. The Morgan fingerprint density at radius 3 is 2.35 bits per heavy atom. The fourth-order valence-electron chi connectivity index (χ4n) is 2.04. The molecule has 0 heterocycles. The quantitative estimate of drug-likeness (QED) is 0.802. The number of aryl methyl sites for hydroxylation is 1. The van der Waals surface area contributed by atoms with E-state index in [9.17, 15) is 9.90 Å². The van der Waals surface area contributed by atoms with E-state index < -0.39 is 11.9 Å². The molecule has 0 aliphatic carbocycles. The van der Waals surface area contributed by atoms with Gasteiger partial charge in [0.2, 0.25) is 0 Å². The molecule has 0 aliphatic rings. The summed E-state index contributed by atoms with van der Waals surface area (Å²) in [7, 11) is 0. The molecule has 2 rings (SSSR count). The van der Waals surface area contributed by atoms with Gasteiger partial charge in [-0.05, 0) is 36.8 Å². The number of carboxylic acids is 1. The van der Waals surface area contributed by atoms with E-state index in [-0.39, 0.29) is 0 Å². The highest BCUT2D eigenvalue weighted by Gasteiger charge is 2.19. The molecule has 2 aromatic rings. The SMILES string of the molecule is Cc1ccc(C(CCSc2ccccc2)C(=O)O)cc1. The fraction of sp³-hybridized carbons (Fsp3) is 0.235. The van der Waals surface area contributed by atoms with Crippen molar-refractivity contribution in [2.75, 3.05) is 5.75 Å². The van der Waals surface area contributed by atoms with Gasteiger partial charge in [-0.25, -0.2) is 0 Å². The summed E-state index contributed by atoms with van der Waals surface area (Å²) in [6, 6.07) is 17.8. The first kappa shape index (κ1) is 14.7. The van der Waals surface area contributed by atoms with Gasteiger partial charge in [-0.3, -0.25) is 4.79 Å². The van der Waals surface area contributed by atoms with Crippen LogP contribution in [-0.2, 0) is 4.79 Å². The predicted octanol–water partition coefficient (Wildman–Crippen LogP) is 4.35. The van der Waals surface area contributed by atoms with Crippen LogP contribution in [0.1, 0.15) is 23.5 Å². The molecule has 0 spiro atoms. The highest BCUT2D eigenvalue weighted by Crippen LogP contribution is 2.25. The lowest BCUT2D eigenvalue weighted by Gasteiger charge is -2.12. The van der Waals surface area contributed by atoms with Crippen molar-refractivity contribution in [2.24, 2.45) is 0 Å². The van der Waals surface area contributed by atoms with E-state index in [1.807, 2.05) is 61.5 Å². The van der Waals surface area contributed by atoms with Crippen molar-refractivity contribution in [3.8, 4) is 0 Å². The lowest BCUT2D eigenvalue weighted by Crippen LogP contribution is -2.12. The Balaban J connectivity index is 1.96. The van der Waals surface area contributed by atoms with E-state index in [0.717, 1.165) is 16.9 Å². The van der Waals surface area contributed by atoms with Gasteiger partial charge in [-0.1, -0.05) is 48.0 Å². The average molecular weight is 286 g/mol. The van der Waals surface area contributed by atoms with Crippen molar-refractivity contribution in [2.45, 2.75) is 24.2 Å². The van der Waals surface area contributed by atoms with Crippen molar-refractivity contribution in [1.82, 2.24) is 0 Å². The Morgan fingerprint density at radius 1 is 1.10 bits per heavy atom. The molecule has 2 nitrogen and oxygen atoms in total. The minimum atomic E-state index is -0.748. The molecule has 20 heavy (non-hydrogen) atoms. The summed E-state index contributed by atoms with van der Waals surface area (Å²) in [6.07, 6.45) is 0.637. The Hall–Kier alpha value is -1.74. The molecule has 1 N–H and O–H groups in total. The second-order valence-electron chi connectivity index (χ2n) is 4.75. The first-order chi connectivity index (χ1) is 9.66. The molecule has 0 aliphatic heterocycles. The Kier molecular flexibility index (Phi) is 5.24. The van der Waals surface area contributed by atoms with Crippen LogP contribution in [0.3, 0.4) is 0 Å². The minimum absolute atomic E-state index is 0.424. The molecule has 104 valence electrons. The molecule has 1 unspecified atom stereocenters. The molecule has 0 amide bonds. The lowest BCUT2D eigenvalue weighted by atomic mass is 9.96. The number of hydrogen-bond donors (Lipinski definition) is 1. The average Bonchev–Trinajstić information content (AvgIpc) is 2.46. The molecule has 0 bridgehead atoms. The largest absolute Gasteiger partial charge is 0.481 e. The van der Waals surface area contributed by atoms with Gasteiger partial charge in [-0.15, -0.1) is 11.8 Å². The normalized spacial score (nSPS) is 12.1. The molecular weight excluding hydrogens is 268 g/mol. The van der Waals surface area contributed by atoms with Crippen LogP contribution >= 0.6 is 11.8 Å². The molecule has 0 saturated heterocycles. The second-order valence-corrected chi connectivity index (χ2v) is 5.92. The standard InChI is InChI=1S/C17H18O2S/c1-13-7-9-14(10-8-13)16(17(18)19)11-12-20-15-5-3-2-4-6-15/h2-10,16H,11-12H2,1H3,(H,18,19). The highest BCUT2D eigenvalue weighted by atomic mass is 32.2. The van der Waals surface area contributed by atoms with Gasteiger partial charge >= 0.3 is 5.97 Å². The predicted molar refractivity (Wildman–Crippen MR) is 83.3 cm³/mol. The third kappa shape index (κ3) is 4.14. The summed E-state index contributed by atoms with van der Waals surface area (Å²) < 4.78 is 0. The van der Waals surface area contributed by atoms with Gasteiger partial charge in [0, 0.05) is 4.90 Å². The number of thioether (sulfide) groups is 1. The highest BCUT2D eigenvalue weighted by molar-refractivity contribution is 7.99. The number of carbonyl (C=O) groups is 1. The molecule has 2 aromatic carbocycles. The van der Waals surface area contributed by atoms with Crippen LogP contribution in [0.25, 0.3) is 0 Å². The second kappa shape index (κ2) is 7.15. The van der Waals surface area contributed by atoms with E-state index in [2.05, 4.69) is 0 Å². The Bertz CT molecular complexity index is 549. The van der Waals surface area contributed by atoms with Crippen molar-refractivity contribution in [3.63, 3.8) is 0 Å². The monoisotopic (exact) mass is 286 g/mol. The van der Waals surface area contributed by atoms with Crippen LogP contribution in [-0.4, -0.2) is 16.8 Å². The molecule has 3 heteroatoms. The molecule has 0 radical (unpaired) electrons. The maximum Gasteiger partial charge on any atom is 0.311 e. The Morgan fingerprint density at radius 2 is 1.75 bits per heavy atom. The van der Waals surface area contributed by atoms with Crippen molar-refractivity contribution in [3.05, 3.63) is 65.7 Å². The topological polar surface area (TPSA) is 37.3 Å². The molecule has 0 aromatic heterocycles. The fourth-order valence-corrected chi connectivity index (χ4v) is 2.98. The maximum atomic E-state index is 11.4. The summed E-state index contributed by atoms with van der Waals surface area (Å²) in [6.45, 7) is 2.00. The van der Waals surface area contributed by atoms with Crippen molar-refractivity contribution >= 4 is 17.7 Å². The maximum absolute atomic E-state index is 11.4. The number of carboxylic acid groups (broad SMARTS) is 1. The van der Waals surface area contributed by atoms with Crippen LogP contribution in [0.4, 0.5) is 0 Å².